The standard InChI is InChI=1S/C12H14N2O/c15-9-13-11-7-3-4-8-12(11)14-10-5-1-2-6-10/h3-4,7-8,10,14H,1-2,5-6H2. The molecular weight excluding hydrogens is 188 g/mol. The van der Waals surface area contributed by atoms with Crippen LogP contribution in [0, 0.1) is 0 Å². The SMILES string of the molecule is O=C=Nc1ccccc1NC1CCCC1. The van der Waals surface area contributed by atoms with Crippen molar-refractivity contribution in [2.24, 2.45) is 4.99 Å². The molecule has 1 aromatic rings. The van der Waals surface area contributed by atoms with Gasteiger partial charge in [-0.15, -0.1) is 0 Å². The van der Waals surface area contributed by atoms with Crippen molar-refractivity contribution in [1.82, 2.24) is 0 Å². The lowest BCUT2D eigenvalue weighted by Crippen LogP contribution is -2.14. The maximum absolute atomic E-state index is 10.2. The van der Waals surface area contributed by atoms with Crippen LogP contribution in [0.15, 0.2) is 29.3 Å². The van der Waals surface area contributed by atoms with Gasteiger partial charge in [-0.05, 0) is 25.0 Å². The molecule has 0 heterocycles. The number of nitrogens with zero attached hydrogens (tertiary/aromatic N) is 1. The van der Waals surface area contributed by atoms with Gasteiger partial charge in [0.2, 0.25) is 6.08 Å². The third-order valence-corrected chi connectivity index (χ3v) is 2.78. The second-order valence-electron chi connectivity index (χ2n) is 3.85. The van der Waals surface area contributed by atoms with Gasteiger partial charge in [-0.2, -0.15) is 4.99 Å². The first kappa shape index (κ1) is 9.94. The van der Waals surface area contributed by atoms with Gasteiger partial charge in [0, 0.05) is 6.04 Å². The van der Waals surface area contributed by atoms with E-state index < -0.39 is 0 Å². The number of benzene rings is 1. The van der Waals surface area contributed by atoms with Crippen molar-refractivity contribution in [3.05, 3.63) is 24.3 Å². The Morgan fingerprint density at radius 2 is 2.00 bits per heavy atom. The summed E-state index contributed by atoms with van der Waals surface area (Å²) in [5, 5.41) is 3.42. The fraction of sp³-hybridized carbons (Fsp3) is 0.417. The molecule has 15 heavy (non-hydrogen) atoms. The number of rotatable bonds is 3. The van der Waals surface area contributed by atoms with Gasteiger partial charge in [0.1, 0.15) is 0 Å². The quantitative estimate of drug-likeness (QED) is 0.604. The second-order valence-corrected chi connectivity index (χ2v) is 3.85. The molecular formula is C12H14N2O. The molecule has 0 aliphatic heterocycles. The highest BCUT2D eigenvalue weighted by Crippen LogP contribution is 2.28. The smallest absolute Gasteiger partial charge is 0.240 e. The summed E-state index contributed by atoms with van der Waals surface area (Å²) in [4.78, 5) is 13.9. The van der Waals surface area contributed by atoms with E-state index in [4.69, 9.17) is 0 Å². The zero-order chi connectivity index (χ0) is 10.5. The van der Waals surface area contributed by atoms with Gasteiger partial charge >= 0.3 is 0 Å². The van der Waals surface area contributed by atoms with Crippen LogP contribution in [-0.2, 0) is 4.79 Å². The molecule has 1 saturated carbocycles. The molecule has 0 atom stereocenters. The Labute approximate surface area is 89.2 Å². The van der Waals surface area contributed by atoms with Crippen LogP contribution in [0.2, 0.25) is 0 Å². The number of carbonyl (C=O) groups excluding carboxylic acids is 1. The van der Waals surface area contributed by atoms with Crippen LogP contribution < -0.4 is 5.32 Å². The van der Waals surface area contributed by atoms with Crippen LogP contribution >= 0.6 is 0 Å². The van der Waals surface area contributed by atoms with E-state index >= 15 is 0 Å². The molecule has 0 saturated heterocycles. The van der Waals surface area contributed by atoms with Gasteiger partial charge in [-0.25, -0.2) is 4.79 Å². The van der Waals surface area contributed by atoms with Crippen molar-refractivity contribution >= 4 is 17.5 Å². The number of para-hydroxylation sites is 2. The van der Waals surface area contributed by atoms with E-state index in [0.29, 0.717) is 11.7 Å². The van der Waals surface area contributed by atoms with Gasteiger partial charge < -0.3 is 5.32 Å². The summed E-state index contributed by atoms with van der Waals surface area (Å²) >= 11 is 0. The molecule has 0 aromatic heterocycles. The van der Waals surface area contributed by atoms with E-state index in [1.54, 1.807) is 6.08 Å². The van der Waals surface area contributed by atoms with Gasteiger partial charge in [0.05, 0.1) is 11.4 Å². The van der Waals surface area contributed by atoms with Gasteiger partial charge in [-0.3, -0.25) is 0 Å². The number of hydrogen-bond acceptors (Lipinski definition) is 3. The van der Waals surface area contributed by atoms with Crippen molar-refractivity contribution in [3.8, 4) is 0 Å². The summed E-state index contributed by atoms with van der Waals surface area (Å²) in [6.07, 6.45) is 6.58. The van der Waals surface area contributed by atoms with E-state index in [-0.39, 0.29) is 0 Å². The minimum Gasteiger partial charge on any atom is -0.381 e. The molecule has 3 heteroatoms. The first-order valence-corrected chi connectivity index (χ1v) is 5.33. The van der Waals surface area contributed by atoms with E-state index in [2.05, 4.69) is 10.3 Å². The maximum Gasteiger partial charge on any atom is 0.240 e. The molecule has 1 aromatic carbocycles. The zero-order valence-corrected chi connectivity index (χ0v) is 8.57. The average molecular weight is 202 g/mol. The molecule has 0 amide bonds. The predicted molar refractivity (Wildman–Crippen MR) is 60.1 cm³/mol. The molecule has 0 bridgehead atoms. The molecule has 78 valence electrons. The number of anilines is 1. The summed E-state index contributed by atoms with van der Waals surface area (Å²) in [7, 11) is 0. The van der Waals surface area contributed by atoms with Crippen LogP contribution in [0.3, 0.4) is 0 Å². The van der Waals surface area contributed by atoms with Crippen LogP contribution in [-0.4, -0.2) is 12.1 Å². The summed E-state index contributed by atoms with van der Waals surface area (Å²) in [6.45, 7) is 0. The van der Waals surface area contributed by atoms with Gasteiger partial charge in [0.15, 0.2) is 0 Å². The lowest BCUT2D eigenvalue weighted by atomic mass is 10.2. The molecule has 1 aliphatic rings. The fourth-order valence-electron chi connectivity index (χ4n) is 2.03. The molecule has 2 rings (SSSR count). The molecule has 0 unspecified atom stereocenters. The Morgan fingerprint density at radius 1 is 1.27 bits per heavy atom. The highest BCUT2D eigenvalue weighted by atomic mass is 16.1. The van der Waals surface area contributed by atoms with E-state index in [0.717, 1.165) is 5.69 Å². The highest BCUT2D eigenvalue weighted by Gasteiger charge is 2.15. The number of nitrogens with one attached hydrogen (secondary N) is 1. The topological polar surface area (TPSA) is 41.5 Å². The lowest BCUT2D eigenvalue weighted by Gasteiger charge is -2.14. The summed E-state index contributed by atoms with van der Waals surface area (Å²) in [5.41, 5.74) is 1.62. The molecule has 1 fully saturated rings. The summed E-state index contributed by atoms with van der Waals surface area (Å²) in [6, 6.07) is 8.13. The third kappa shape index (κ3) is 2.45. The number of isocyanates is 1. The van der Waals surface area contributed by atoms with Crippen molar-refractivity contribution in [3.63, 3.8) is 0 Å². The van der Waals surface area contributed by atoms with Crippen LogP contribution in [0.5, 0.6) is 0 Å². The maximum atomic E-state index is 10.2. The number of hydrogen-bond donors (Lipinski definition) is 1. The summed E-state index contributed by atoms with van der Waals surface area (Å²) in [5.74, 6) is 0. The van der Waals surface area contributed by atoms with Crippen LogP contribution in [0.4, 0.5) is 11.4 Å². The van der Waals surface area contributed by atoms with Gasteiger partial charge in [-0.1, -0.05) is 25.0 Å². The monoisotopic (exact) mass is 202 g/mol. The predicted octanol–water partition coefficient (Wildman–Crippen LogP) is 3.01. The second kappa shape index (κ2) is 4.76. The van der Waals surface area contributed by atoms with Crippen molar-refractivity contribution < 1.29 is 4.79 Å². The van der Waals surface area contributed by atoms with E-state index in [1.165, 1.54) is 25.7 Å². The zero-order valence-electron chi connectivity index (χ0n) is 8.57. The molecule has 1 aliphatic carbocycles. The molecule has 1 N–H and O–H groups in total. The Balaban J connectivity index is 2.15. The van der Waals surface area contributed by atoms with Crippen molar-refractivity contribution in [2.45, 2.75) is 31.7 Å². The minimum absolute atomic E-state index is 0.535. The number of aliphatic imine (C=N–C) groups is 1. The van der Waals surface area contributed by atoms with Crippen LogP contribution in [0.1, 0.15) is 25.7 Å². The third-order valence-electron chi connectivity index (χ3n) is 2.78. The van der Waals surface area contributed by atoms with Gasteiger partial charge in [0.25, 0.3) is 0 Å². The fourth-order valence-corrected chi connectivity index (χ4v) is 2.03. The molecule has 0 radical (unpaired) electrons. The normalized spacial score (nSPS) is 16.0. The average Bonchev–Trinajstić information content (AvgIpc) is 2.74. The van der Waals surface area contributed by atoms with Crippen LogP contribution in [0.25, 0.3) is 0 Å². The first-order valence-electron chi connectivity index (χ1n) is 5.33. The molecule has 0 spiro atoms. The summed E-state index contributed by atoms with van der Waals surface area (Å²) < 4.78 is 0. The largest absolute Gasteiger partial charge is 0.381 e. The first-order chi connectivity index (χ1) is 7.40. The Hall–Kier alpha value is -1.60. The molecule has 3 nitrogen and oxygen atoms in total. The Morgan fingerprint density at radius 3 is 2.73 bits per heavy atom. The van der Waals surface area contributed by atoms with Crippen molar-refractivity contribution in [1.29, 1.82) is 0 Å². The van der Waals surface area contributed by atoms with Crippen molar-refractivity contribution in [2.75, 3.05) is 5.32 Å². The Kier molecular flexibility index (Phi) is 3.15. The minimum atomic E-state index is 0.535. The highest BCUT2D eigenvalue weighted by molar-refractivity contribution is 5.68. The lowest BCUT2D eigenvalue weighted by molar-refractivity contribution is 0.565. The van der Waals surface area contributed by atoms with E-state index in [9.17, 15) is 4.79 Å². The Bertz CT molecular complexity index is 377. The van der Waals surface area contributed by atoms with E-state index in [1.807, 2.05) is 24.3 Å².